The smallest absolute Gasteiger partial charge is 0.169 e. The van der Waals surface area contributed by atoms with Crippen LogP contribution in [-0.4, -0.2) is 21.7 Å². The highest BCUT2D eigenvalue weighted by Crippen LogP contribution is 2.20. The van der Waals surface area contributed by atoms with Crippen LogP contribution in [-0.2, 0) is 6.54 Å². The molecule has 0 spiro atoms. The van der Waals surface area contributed by atoms with Crippen LogP contribution < -0.4 is 10.5 Å². The monoisotopic (exact) mass is 267 g/mol. The lowest BCUT2D eigenvalue weighted by Gasteiger charge is -2.09. The molecule has 6 heteroatoms. The Bertz CT molecular complexity index is 448. The molecule has 0 atom stereocenters. The molecule has 1 heterocycles. The summed E-state index contributed by atoms with van der Waals surface area (Å²) in [7, 11) is 0. The number of aromatic nitrogens is 2. The molecule has 0 aliphatic carbocycles. The molecular formula is C11H13N3OS2. The van der Waals surface area contributed by atoms with Crippen molar-refractivity contribution >= 4 is 23.3 Å². The molecule has 1 aromatic heterocycles. The van der Waals surface area contributed by atoms with Gasteiger partial charge in [0, 0.05) is 17.9 Å². The van der Waals surface area contributed by atoms with Crippen LogP contribution in [0.15, 0.2) is 34.9 Å². The average Bonchev–Trinajstić information content (AvgIpc) is 2.88. The highest BCUT2D eigenvalue weighted by molar-refractivity contribution is 8.00. The van der Waals surface area contributed by atoms with Crippen LogP contribution in [0.1, 0.15) is 5.56 Å². The number of hydrogen-bond donors (Lipinski definition) is 1. The number of ether oxygens (including phenoxy) is 1. The Morgan fingerprint density at radius 3 is 3.00 bits per heavy atom. The third-order valence-electron chi connectivity index (χ3n) is 2.10. The van der Waals surface area contributed by atoms with Crippen molar-refractivity contribution < 1.29 is 4.74 Å². The first kappa shape index (κ1) is 12.3. The third-order valence-corrected chi connectivity index (χ3v) is 3.86. The first-order valence-corrected chi connectivity index (χ1v) is 6.96. The molecule has 0 unspecified atom stereocenters. The van der Waals surface area contributed by atoms with E-state index in [1.165, 1.54) is 11.5 Å². The highest BCUT2D eigenvalue weighted by Gasteiger charge is 2.01. The molecule has 0 saturated carbocycles. The Hall–Kier alpha value is -1.11. The number of nitrogens with two attached hydrogens (primary N) is 1. The van der Waals surface area contributed by atoms with Gasteiger partial charge in [0.2, 0.25) is 0 Å². The van der Waals surface area contributed by atoms with Gasteiger partial charge in [-0.2, -0.15) is 4.37 Å². The quantitative estimate of drug-likeness (QED) is 0.642. The zero-order chi connectivity index (χ0) is 11.9. The molecule has 90 valence electrons. The van der Waals surface area contributed by atoms with Crippen LogP contribution in [0.5, 0.6) is 5.75 Å². The maximum absolute atomic E-state index is 5.68. The molecule has 0 aliphatic heterocycles. The Balaban J connectivity index is 1.78. The topological polar surface area (TPSA) is 61.0 Å². The van der Waals surface area contributed by atoms with E-state index in [0.29, 0.717) is 13.2 Å². The number of rotatable bonds is 6. The van der Waals surface area contributed by atoms with E-state index in [0.717, 1.165) is 21.4 Å². The van der Waals surface area contributed by atoms with Gasteiger partial charge in [-0.15, -0.1) is 0 Å². The summed E-state index contributed by atoms with van der Waals surface area (Å²) in [6.07, 6.45) is 1.57. The Kier molecular flexibility index (Phi) is 4.78. The molecule has 0 aliphatic rings. The van der Waals surface area contributed by atoms with Gasteiger partial charge in [0.1, 0.15) is 12.1 Å². The van der Waals surface area contributed by atoms with E-state index in [1.54, 1.807) is 18.1 Å². The van der Waals surface area contributed by atoms with Gasteiger partial charge in [-0.1, -0.05) is 30.0 Å². The van der Waals surface area contributed by atoms with Crippen LogP contribution in [0, 0.1) is 0 Å². The van der Waals surface area contributed by atoms with Crippen molar-refractivity contribution in [1.29, 1.82) is 0 Å². The van der Waals surface area contributed by atoms with Crippen LogP contribution in [0.4, 0.5) is 0 Å². The predicted octanol–water partition coefficient (Wildman–Crippen LogP) is 2.17. The molecule has 2 rings (SSSR count). The number of hydrogen-bond acceptors (Lipinski definition) is 6. The Labute approximate surface area is 108 Å². The van der Waals surface area contributed by atoms with Crippen molar-refractivity contribution in [3.05, 3.63) is 36.2 Å². The third kappa shape index (κ3) is 3.69. The minimum absolute atomic E-state index is 0.500. The average molecular weight is 267 g/mol. The Morgan fingerprint density at radius 2 is 2.24 bits per heavy atom. The summed E-state index contributed by atoms with van der Waals surface area (Å²) in [4.78, 5) is 4.09. The SMILES string of the molecule is NCc1ccccc1OCCSc1ncns1. The lowest BCUT2D eigenvalue weighted by molar-refractivity contribution is 0.340. The standard InChI is InChI=1S/C11H13N3OS2/c12-7-9-3-1-2-4-10(9)15-5-6-16-11-13-8-14-17-11/h1-4,8H,5-7,12H2. The molecule has 17 heavy (non-hydrogen) atoms. The van der Waals surface area contributed by atoms with Gasteiger partial charge >= 0.3 is 0 Å². The van der Waals surface area contributed by atoms with E-state index in [-0.39, 0.29) is 0 Å². The molecule has 1 aromatic carbocycles. The number of benzene rings is 1. The second-order valence-corrected chi connectivity index (χ2v) is 5.34. The van der Waals surface area contributed by atoms with Crippen molar-refractivity contribution in [1.82, 2.24) is 9.36 Å². The summed E-state index contributed by atoms with van der Waals surface area (Å²) >= 11 is 3.05. The molecule has 2 aromatic rings. The molecule has 0 radical (unpaired) electrons. The van der Waals surface area contributed by atoms with Gasteiger partial charge in [0.05, 0.1) is 6.61 Å². The second kappa shape index (κ2) is 6.58. The predicted molar refractivity (Wildman–Crippen MR) is 70.5 cm³/mol. The molecule has 0 amide bonds. The summed E-state index contributed by atoms with van der Waals surface area (Å²) < 4.78 is 10.6. The zero-order valence-corrected chi connectivity index (χ0v) is 10.8. The molecular weight excluding hydrogens is 254 g/mol. The van der Waals surface area contributed by atoms with Gasteiger partial charge < -0.3 is 10.5 Å². The van der Waals surface area contributed by atoms with Gasteiger partial charge in [0.25, 0.3) is 0 Å². The maximum Gasteiger partial charge on any atom is 0.169 e. The van der Waals surface area contributed by atoms with Crippen molar-refractivity contribution in [3.63, 3.8) is 0 Å². The number of nitrogens with zero attached hydrogens (tertiary/aromatic N) is 2. The summed E-state index contributed by atoms with van der Waals surface area (Å²) in [5, 5.41) is 0. The largest absolute Gasteiger partial charge is 0.492 e. The minimum Gasteiger partial charge on any atom is -0.492 e. The molecule has 0 fully saturated rings. The van der Waals surface area contributed by atoms with Crippen molar-refractivity contribution in [2.45, 2.75) is 10.9 Å². The molecule has 2 N–H and O–H groups in total. The Morgan fingerprint density at radius 1 is 1.35 bits per heavy atom. The van der Waals surface area contributed by atoms with Crippen LogP contribution in [0.2, 0.25) is 0 Å². The van der Waals surface area contributed by atoms with Gasteiger partial charge in [-0.3, -0.25) is 0 Å². The van der Waals surface area contributed by atoms with Crippen molar-refractivity contribution in [3.8, 4) is 5.75 Å². The van der Waals surface area contributed by atoms with E-state index < -0.39 is 0 Å². The molecule has 0 saturated heterocycles. The van der Waals surface area contributed by atoms with E-state index in [2.05, 4.69) is 9.36 Å². The number of para-hydroxylation sites is 1. The lowest BCUT2D eigenvalue weighted by atomic mass is 10.2. The van der Waals surface area contributed by atoms with E-state index >= 15 is 0 Å². The normalized spacial score (nSPS) is 10.4. The van der Waals surface area contributed by atoms with Gasteiger partial charge in [-0.05, 0) is 17.6 Å². The molecule has 0 bridgehead atoms. The fraction of sp³-hybridized carbons (Fsp3) is 0.273. The molecule has 4 nitrogen and oxygen atoms in total. The minimum atomic E-state index is 0.500. The van der Waals surface area contributed by atoms with Crippen molar-refractivity contribution in [2.24, 2.45) is 5.73 Å². The zero-order valence-electron chi connectivity index (χ0n) is 9.20. The summed E-state index contributed by atoms with van der Waals surface area (Å²) in [6.45, 7) is 1.14. The van der Waals surface area contributed by atoms with E-state index in [4.69, 9.17) is 10.5 Å². The van der Waals surface area contributed by atoms with Crippen molar-refractivity contribution in [2.75, 3.05) is 12.4 Å². The fourth-order valence-corrected chi connectivity index (χ4v) is 2.65. The van der Waals surface area contributed by atoms with Crippen LogP contribution in [0.3, 0.4) is 0 Å². The van der Waals surface area contributed by atoms with E-state index in [9.17, 15) is 0 Å². The highest BCUT2D eigenvalue weighted by atomic mass is 32.2. The van der Waals surface area contributed by atoms with Gasteiger partial charge in [-0.25, -0.2) is 4.98 Å². The second-order valence-electron chi connectivity index (χ2n) is 3.22. The summed E-state index contributed by atoms with van der Waals surface area (Å²) in [6, 6.07) is 7.84. The first-order chi connectivity index (χ1) is 8.40. The maximum atomic E-state index is 5.68. The van der Waals surface area contributed by atoms with Crippen LogP contribution >= 0.6 is 23.3 Å². The summed E-state index contributed by atoms with van der Waals surface area (Å²) in [5.74, 6) is 1.72. The van der Waals surface area contributed by atoms with E-state index in [1.807, 2.05) is 24.3 Å². The first-order valence-electron chi connectivity index (χ1n) is 5.20. The number of thioether (sulfide) groups is 1. The fourth-order valence-electron chi connectivity index (χ4n) is 1.32. The van der Waals surface area contributed by atoms with Gasteiger partial charge in [0.15, 0.2) is 4.34 Å². The lowest BCUT2D eigenvalue weighted by Crippen LogP contribution is -2.05. The van der Waals surface area contributed by atoms with Crippen LogP contribution in [0.25, 0.3) is 0 Å². The summed E-state index contributed by atoms with van der Waals surface area (Å²) in [5.41, 5.74) is 6.67.